The molecule has 2 N–H and O–H groups in total. The molecule has 2 aliphatic carbocycles. The number of aliphatic hydroxyl groups is 1. The van der Waals surface area contributed by atoms with E-state index in [0.29, 0.717) is 12.5 Å². The molecular formula is C28H34N4O2. The molecule has 0 unspecified atom stereocenters. The second-order valence-electron chi connectivity index (χ2n) is 10.7. The molecule has 178 valence electrons. The van der Waals surface area contributed by atoms with Crippen LogP contribution < -0.4 is 5.32 Å². The molecule has 6 heteroatoms. The Kier molecular flexibility index (Phi) is 5.46. The fourth-order valence-electron chi connectivity index (χ4n) is 6.07. The Bertz CT molecular complexity index is 1240. The van der Waals surface area contributed by atoms with Gasteiger partial charge in [0.2, 0.25) is 5.91 Å². The highest BCUT2D eigenvalue weighted by Gasteiger charge is 2.33. The van der Waals surface area contributed by atoms with E-state index < -0.39 is 6.10 Å². The smallest absolute Gasteiger partial charge is 0.227 e. The number of rotatable bonds is 5. The predicted octanol–water partition coefficient (Wildman–Crippen LogP) is 4.02. The summed E-state index contributed by atoms with van der Waals surface area (Å²) in [7, 11) is 0. The van der Waals surface area contributed by atoms with Crippen LogP contribution in [-0.4, -0.2) is 51.2 Å². The number of aromatic nitrogens is 2. The molecule has 1 saturated carbocycles. The van der Waals surface area contributed by atoms with Crippen LogP contribution in [0.1, 0.15) is 47.8 Å². The molecule has 1 aromatic heterocycles. The summed E-state index contributed by atoms with van der Waals surface area (Å²) in [6, 6.07) is 12.9. The van der Waals surface area contributed by atoms with E-state index in [0.717, 1.165) is 67.7 Å². The van der Waals surface area contributed by atoms with Crippen molar-refractivity contribution in [3.8, 4) is 0 Å². The lowest BCUT2D eigenvalue weighted by atomic mass is 9.98. The number of piperidine rings is 1. The molecule has 3 aliphatic rings. The third-order valence-electron chi connectivity index (χ3n) is 7.94. The third kappa shape index (κ3) is 4.14. The summed E-state index contributed by atoms with van der Waals surface area (Å²) in [6.07, 6.45) is 4.70. The zero-order chi connectivity index (χ0) is 23.4. The zero-order valence-electron chi connectivity index (χ0n) is 20.1. The van der Waals surface area contributed by atoms with E-state index in [1.165, 1.54) is 16.7 Å². The number of nitrogens with one attached hydrogen (secondary N) is 1. The summed E-state index contributed by atoms with van der Waals surface area (Å²) >= 11 is 0. The van der Waals surface area contributed by atoms with Crippen molar-refractivity contribution < 1.29 is 9.90 Å². The highest BCUT2D eigenvalue weighted by atomic mass is 16.3. The first-order valence-corrected chi connectivity index (χ1v) is 12.7. The van der Waals surface area contributed by atoms with Gasteiger partial charge in [-0.15, -0.1) is 0 Å². The molecule has 1 aliphatic heterocycles. The molecule has 2 aromatic carbocycles. The van der Waals surface area contributed by atoms with E-state index in [1.54, 1.807) is 0 Å². The lowest BCUT2D eigenvalue weighted by Crippen LogP contribution is -2.46. The monoisotopic (exact) mass is 458 g/mol. The first-order valence-electron chi connectivity index (χ1n) is 12.7. The third-order valence-corrected chi connectivity index (χ3v) is 7.94. The highest BCUT2D eigenvalue weighted by Crippen LogP contribution is 2.34. The molecular weight excluding hydrogens is 424 g/mol. The maximum atomic E-state index is 12.1. The van der Waals surface area contributed by atoms with Gasteiger partial charge in [0.25, 0.3) is 0 Å². The van der Waals surface area contributed by atoms with Gasteiger partial charge in [-0.3, -0.25) is 4.79 Å². The van der Waals surface area contributed by atoms with Crippen molar-refractivity contribution in [2.24, 2.45) is 11.8 Å². The number of aryl methyl sites for hydroxylation is 2. The Labute approximate surface area is 201 Å². The summed E-state index contributed by atoms with van der Waals surface area (Å²) < 4.78 is 2.25. The van der Waals surface area contributed by atoms with Crippen molar-refractivity contribution in [3.05, 3.63) is 58.9 Å². The number of amides is 1. The molecule has 3 aromatic rings. The number of hydrogen-bond acceptors (Lipinski definition) is 4. The van der Waals surface area contributed by atoms with Crippen LogP contribution in [0.15, 0.2) is 36.4 Å². The number of imidazole rings is 1. The van der Waals surface area contributed by atoms with Crippen LogP contribution in [0.5, 0.6) is 0 Å². The predicted molar refractivity (Wildman–Crippen MR) is 134 cm³/mol. The van der Waals surface area contributed by atoms with Gasteiger partial charge in [-0.2, -0.15) is 0 Å². The quantitative estimate of drug-likeness (QED) is 0.606. The largest absolute Gasteiger partial charge is 0.390 e. The molecule has 34 heavy (non-hydrogen) atoms. The first kappa shape index (κ1) is 21.8. The van der Waals surface area contributed by atoms with Gasteiger partial charge in [0.15, 0.2) is 0 Å². The molecule has 6 nitrogen and oxygen atoms in total. The molecule has 2 heterocycles. The minimum absolute atomic E-state index is 0.0716. The standard InChI is InChI=1S/C28H34N4O2/c1-17-3-8-25-24(11-17)29-18(2)32(25)26-9-10-31(16-27(26)33)15-19-12-21-6-7-23(14-22(21)13-19)30-28(34)20-4-5-20/h3,6-8,11,14,19-20,26-27,33H,4-5,9-10,12-13,15-16H2,1-2H3,(H,30,34)/t19-,26+,27+/m0/s1. The van der Waals surface area contributed by atoms with E-state index in [9.17, 15) is 9.90 Å². The van der Waals surface area contributed by atoms with Crippen molar-refractivity contribution in [2.45, 2.75) is 58.1 Å². The number of β-amino-alcohol motifs (C(OH)–C–C–N with tert-alkyl or cyclic N) is 1. The van der Waals surface area contributed by atoms with Crippen LogP contribution in [0.4, 0.5) is 5.69 Å². The molecule has 3 atom stereocenters. The number of aliphatic hydroxyl groups excluding tert-OH is 1. The molecule has 0 bridgehead atoms. The van der Waals surface area contributed by atoms with Gasteiger partial charge in [0, 0.05) is 31.2 Å². The van der Waals surface area contributed by atoms with Gasteiger partial charge in [-0.1, -0.05) is 12.1 Å². The maximum absolute atomic E-state index is 12.1. The number of nitrogens with zero attached hydrogens (tertiary/aromatic N) is 3. The Morgan fingerprint density at radius 3 is 2.71 bits per heavy atom. The van der Waals surface area contributed by atoms with Crippen LogP contribution in [0, 0.1) is 25.7 Å². The molecule has 0 spiro atoms. The average molecular weight is 459 g/mol. The number of carbonyl (C=O) groups is 1. The van der Waals surface area contributed by atoms with Gasteiger partial charge < -0.3 is 19.9 Å². The Balaban J connectivity index is 1.09. The molecule has 6 rings (SSSR count). The number of hydrogen-bond donors (Lipinski definition) is 2. The Hall–Kier alpha value is -2.70. The van der Waals surface area contributed by atoms with Gasteiger partial charge in [0.1, 0.15) is 5.82 Å². The summed E-state index contributed by atoms with van der Waals surface area (Å²) in [5.41, 5.74) is 7.05. The van der Waals surface area contributed by atoms with E-state index in [2.05, 4.69) is 58.1 Å². The molecule has 1 saturated heterocycles. The van der Waals surface area contributed by atoms with Crippen molar-refractivity contribution in [3.63, 3.8) is 0 Å². The van der Waals surface area contributed by atoms with Gasteiger partial charge >= 0.3 is 0 Å². The van der Waals surface area contributed by atoms with Crippen molar-refractivity contribution in [1.29, 1.82) is 0 Å². The summed E-state index contributed by atoms with van der Waals surface area (Å²) in [5.74, 6) is 1.94. The van der Waals surface area contributed by atoms with Crippen LogP contribution in [-0.2, 0) is 17.6 Å². The fraction of sp³-hybridized carbons (Fsp3) is 0.500. The van der Waals surface area contributed by atoms with Gasteiger partial charge in [-0.05, 0) is 92.8 Å². The van der Waals surface area contributed by atoms with Gasteiger partial charge in [-0.25, -0.2) is 4.98 Å². The first-order chi connectivity index (χ1) is 16.4. The lowest BCUT2D eigenvalue weighted by Gasteiger charge is -2.38. The zero-order valence-corrected chi connectivity index (χ0v) is 20.1. The summed E-state index contributed by atoms with van der Waals surface area (Å²) in [6.45, 7) is 6.83. The SMILES string of the molecule is Cc1ccc2c(c1)nc(C)n2[C@@H]1CCN(C[C@H]2Cc3ccc(NC(=O)C4CC4)cc3C2)C[C@H]1O. The number of benzene rings is 2. The number of fused-ring (bicyclic) bond motifs is 2. The summed E-state index contributed by atoms with van der Waals surface area (Å²) in [4.78, 5) is 19.3. The van der Waals surface area contributed by atoms with E-state index in [-0.39, 0.29) is 17.9 Å². The van der Waals surface area contributed by atoms with Crippen LogP contribution in [0.2, 0.25) is 0 Å². The normalized spacial score (nSPS) is 25.0. The number of likely N-dealkylation sites (tertiary alicyclic amines) is 1. The maximum Gasteiger partial charge on any atom is 0.227 e. The van der Waals surface area contributed by atoms with Crippen LogP contribution in [0.3, 0.4) is 0 Å². The molecule has 0 radical (unpaired) electrons. The van der Waals surface area contributed by atoms with Gasteiger partial charge in [0.05, 0.1) is 23.2 Å². The molecule has 2 fully saturated rings. The summed E-state index contributed by atoms with van der Waals surface area (Å²) in [5, 5.41) is 14.2. The minimum atomic E-state index is -0.404. The Morgan fingerprint density at radius 2 is 1.91 bits per heavy atom. The fourth-order valence-corrected chi connectivity index (χ4v) is 6.07. The van der Waals surface area contributed by atoms with Crippen LogP contribution in [0.25, 0.3) is 11.0 Å². The van der Waals surface area contributed by atoms with Crippen LogP contribution >= 0.6 is 0 Å². The average Bonchev–Trinajstić information content (AvgIpc) is 3.50. The number of carbonyl (C=O) groups excluding carboxylic acids is 1. The van der Waals surface area contributed by atoms with Crippen molar-refractivity contribution in [1.82, 2.24) is 14.5 Å². The van der Waals surface area contributed by atoms with E-state index >= 15 is 0 Å². The van der Waals surface area contributed by atoms with E-state index in [1.807, 2.05) is 6.92 Å². The molecule has 1 amide bonds. The van der Waals surface area contributed by atoms with E-state index in [4.69, 9.17) is 4.98 Å². The Morgan fingerprint density at radius 1 is 1.09 bits per heavy atom. The lowest BCUT2D eigenvalue weighted by molar-refractivity contribution is -0.117. The second kappa shape index (κ2) is 8.51. The highest BCUT2D eigenvalue weighted by molar-refractivity contribution is 5.94. The van der Waals surface area contributed by atoms with Crippen molar-refractivity contribution in [2.75, 3.05) is 25.0 Å². The number of anilines is 1. The second-order valence-corrected chi connectivity index (χ2v) is 10.7. The minimum Gasteiger partial charge on any atom is -0.390 e. The topological polar surface area (TPSA) is 70.4 Å². The van der Waals surface area contributed by atoms with Crippen molar-refractivity contribution >= 4 is 22.6 Å².